The van der Waals surface area contributed by atoms with Crippen molar-refractivity contribution in [1.82, 2.24) is 0 Å². The molecule has 56 valence electrons. The van der Waals surface area contributed by atoms with Crippen LogP contribution < -0.4 is 5.73 Å². The highest BCUT2D eigenvalue weighted by atomic mass is 16.5. The summed E-state index contributed by atoms with van der Waals surface area (Å²) in [5.74, 6) is 0. The average molecular weight is 133 g/mol. The Balaban J connectivity index is 3.28. The van der Waals surface area contributed by atoms with E-state index in [1.807, 2.05) is 13.8 Å². The van der Waals surface area contributed by atoms with Gasteiger partial charge in [-0.3, -0.25) is 0 Å². The molecule has 0 aliphatic carbocycles. The molecule has 0 saturated carbocycles. The molecule has 0 aliphatic rings. The molecule has 0 radical (unpaired) electrons. The lowest BCUT2D eigenvalue weighted by Crippen LogP contribution is -2.41. The summed E-state index contributed by atoms with van der Waals surface area (Å²) in [5.41, 5.74) is 4.02. The van der Waals surface area contributed by atoms with Gasteiger partial charge in [0.25, 0.3) is 0 Å². The van der Waals surface area contributed by atoms with Crippen molar-refractivity contribution in [2.24, 2.45) is 5.73 Å². The second-order valence-corrected chi connectivity index (χ2v) is 2.72. The van der Waals surface area contributed by atoms with Crippen molar-refractivity contribution in [2.75, 3.05) is 6.61 Å². The summed E-state index contributed by atoms with van der Waals surface area (Å²) in [6.45, 7) is 5.48. The van der Waals surface area contributed by atoms with Gasteiger partial charge in [-0.25, -0.2) is 0 Å². The molecule has 0 spiro atoms. The first-order chi connectivity index (χ1) is 3.92. The fourth-order valence-corrected chi connectivity index (χ4v) is 0.335. The molecule has 0 aromatic carbocycles. The third-order valence-corrected chi connectivity index (χ3v) is 0.709. The van der Waals surface area contributed by atoms with Crippen LogP contribution in [0.5, 0.6) is 0 Å². The van der Waals surface area contributed by atoms with E-state index in [4.69, 9.17) is 15.6 Å². The van der Waals surface area contributed by atoms with Gasteiger partial charge in [-0.2, -0.15) is 0 Å². The molecule has 1 atom stereocenters. The number of ether oxygens (including phenoxy) is 1. The number of rotatable bonds is 3. The summed E-state index contributed by atoms with van der Waals surface area (Å²) in [4.78, 5) is 0. The van der Waals surface area contributed by atoms with E-state index in [-0.39, 0.29) is 12.7 Å². The lowest BCUT2D eigenvalue weighted by molar-refractivity contribution is -0.0496. The van der Waals surface area contributed by atoms with Gasteiger partial charge < -0.3 is 15.6 Å². The minimum atomic E-state index is -1.19. The molecular weight excluding hydrogens is 118 g/mol. The smallest absolute Gasteiger partial charge is 0.134 e. The summed E-state index contributed by atoms with van der Waals surface area (Å²) < 4.78 is 5.03. The molecule has 0 fully saturated rings. The average Bonchev–Trinajstić information content (AvgIpc) is 1.59. The van der Waals surface area contributed by atoms with Crippen LogP contribution in [0.15, 0.2) is 0 Å². The second-order valence-electron chi connectivity index (χ2n) is 2.72. The van der Waals surface area contributed by atoms with E-state index in [2.05, 4.69) is 0 Å². The van der Waals surface area contributed by atoms with Crippen molar-refractivity contribution < 1.29 is 9.84 Å². The molecule has 0 amide bonds. The summed E-state index contributed by atoms with van der Waals surface area (Å²) in [6, 6.07) is 0. The number of aliphatic hydroxyl groups is 1. The van der Waals surface area contributed by atoms with Crippen molar-refractivity contribution in [3.8, 4) is 0 Å². The van der Waals surface area contributed by atoms with Gasteiger partial charge in [-0.05, 0) is 20.8 Å². The topological polar surface area (TPSA) is 55.5 Å². The molecule has 0 aromatic rings. The maximum atomic E-state index is 8.92. The monoisotopic (exact) mass is 133 g/mol. The SMILES string of the molecule is CC(C)OCC(C)(N)O. The maximum absolute atomic E-state index is 8.92. The zero-order valence-electron chi connectivity index (χ0n) is 6.22. The van der Waals surface area contributed by atoms with E-state index in [1.165, 1.54) is 6.92 Å². The standard InChI is InChI=1S/C6H15NO2/c1-5(2)9-4-6(3,7)8/h5,8H,4,7H2,1-3H3. The number of hydrogen-bond donors (Lipinski definition) is 2. The molecule has 0 rings (SSSR count). The van der Waals surface area contributed by atoms with Crippen LogP contribution in [0, 0.1) is 0 Å². The number of hydrogen-bond acceptors (Lipinski definition) is 3. The van der Waals surface area contributed by atoms with E-state index in [0.717, 1.165) is 0 Å². The molecule has 3 heteroatoms. The summed E-state index contributed by atoms with van der Waals surface area (Å²) in [7, 11) is 0. The first kappa shape index (κ1) is 8.88. The van der Waals surface area contributed by atoms with Crippen LogP contribution in [0.25, 0.3) is 0 Å². The molecule has 3 N–H and O–H groups in total. The van der Waals surface area contributed by atoms with Crippen molar-refractivity contribution >= 4 is 0 Å². The minimum Gasteiger partial charge on any atom is -0.374 e. The van der Waals surface area contributed by atoms with Crippen molar-refractivity contribution in [3.63, 3.8) is 0 Å². The lowest BCUT2D eigenvalue weighted by atomic mass is 10.3. The third-order valence-electron chi connectivity index (χ3n) is 0.709. The molecule has 9 heavy (non-hydrogen) atoms. The van der Waals surface area contributed by atoms with E-state index >= 15 is 0 Å². The Labute approximate surface area is 55.8 Å². The van der Waals surface area contributed by atoms with E-state index < -0.39 is 5.72 Å². The summed E-state index contributed by atoms with van der Waals surface area (Å²) in [6.07, 6.45) is 0.125. The zero-order chi connectivity index (χ0) is 7.49. The molecule has 3 nitrogen and oxygen atoms in total. The third kappa shape index (κ3) is 7.88. The molecular formula is C6H15NO2. The first-order valence-corrected chi connectivity index (χ1v) is 3.04. The summed E-state index contributed by atoms with van der Waals surface area (Å²) in [5, 5.41) is 8.92. The minimum absolute atomic E-state index is 0.125. The predicted molar refractivity (Wildman–Crippen MR) is 35.9 cm³/mol. The molecule has 0 saturated heterocycles. The maximum Gasteiger partial charge on any atom is 0.134 e. The Morgan fingerprint density at radius 1 is 1.67 bits per heavy atom. The van der Waals surface area contributed by atoms with E-state index in [9.17, 15) is 0 Å². The molecule has 0 heterocycles. The Hall–Kier alpha value is -0.120. The van der Waals surface area contributed by atoms with Gasteiger partial charge in [0.1, 0.15) is 5.72 Å². The van der Waals surface area contributed by atoms with Crippen molar-refractivity contribution in [2.45, 2.75) is 32.6 Å². The quantitative estimate of drug-likeness (QED) is 0.536. The van der Waals surface area contributed by atoms with Gasteiger partial charge in [0, 0.05) is 0 Å². The van der Waals surface area contributed by atoms with Gasteiger partial charge in [0.15, 0.2) is 0 Å². The summed E-state index contributed by atoms with van der Waals surface area (Å²) >= 11 is 0. The van der Waals surface area contributed by atoms with Gasteiger partial charge in [0.2, 0.25) is 0 Å². The van der Waals surface area contributed by atoms with Gasteiger partial charge >= 0.3 is 0 Å². The van der Waals surface area contributed by atoms with Crippen LogP contribution in [-0.4, -0.2) is 23.5 Å². The van der Waals surface area contributed by atoms with Crippen LogP contribution >= 0.6 is 0 Å². The second kappa shape index (κ2) is 3.15. The highest BCUT2D eigenvalue weighted by molar-refractivity contribution is 4.60. The highest BCUT2D eigenvalue weighted by Crippen LogP contribution is 1.96. The molecule has 1 unspecified atom stereocenters. The lowest BCUT2D eigenvalue weighted by Gasteiger charge is -2.18. The Bertz CT molecular complexity index is 75.6. The van der Waals surface area contributed by atoms with Crippen LogP contribution in [0.4, 0.5) is 0 Å². The van der Waals surface area contributed by atoms with Crippen LogP contribution in [0.2, 0.25) is 0 Å². The van der Waals surface area contributed by atoms with Gasteiger partial charge in [-0.15, -0.1) is 0 Å². The largest absolute Gasteiger partial charge is 0.374 e. The first-order valence-electron chi connectivity index (χ1n) is 3.04. The van der Waals surface area contributed by atoms with Gasteiger partial charge in [0.05, 0.1) is 12.7 Å². The van der Waals surface area contributed by atoms with Crippen LogP contribution in [0.3, 0.4) is 0 Å². The fourth-order valence-electron chi connectivity index (χ4n) is 0.335. The Kier molecular flexibility index (Phi) is 3.11. The molecule has 0 aliphatic heterocycles. The van der Waals surface area contributed by atoms with Crippen molar-refractivity contribution in [3.05, 3.63) is 0 Å². The Morgan fingerprint density at radius 3 is 2.22 bits per heavy atom. The normalized spacial score (nSPS) is 18.0. The van der Waals surface area contributed by atoms with E-state index in [1.54, 1.807) is 0 Å². The fraction of sp³-hybridized carbons (Fsp3) is 1.00. The molecule has 0 aromatic heterocycles. The molecule has 0 bridgehead atoms. The van der Waals surface area contributed by atoms with Crippen LogP contribution in [-0.2, 0) is 4.74 Å². The highest BCUT2D eigenvalue weighted by Gasteiger charge is 2.12. The van der Waals surface area contributed by atoms with Crippen molar-refractivity contribution in [1.29, 1.82) is 0 Å². The van der Waals surface area contributed by atoms with Gasteiger partial charge in [-0.1, -0.05) is 0 Å². The zero-order valence-corrected chi connectivity index (χ0v) is 6.22. The predicted octanol–water partition coefficient (Wildman–Crippen LogP) is 0.0786. The Morgan fingerprint density at radius 2 is 2.11 bits per heavy atom. The van der Waals surface area contributed by atoms with E-state index in [0.29, 0.717) is 0 Å². The van der Waals surface area contributed by atoms with Crippen LogP contribution in [0.1, 0.15) is 20.8 Å². The number of nitrogens with two attached hydrogens (primary N) is 1.